The van der Waals surface area contributed by atoms with Gasteiger partial charge in [0.1, 0.15) is 60.4 Å². The maximum Gasteiger partial charge on any atom is 0.326 e. The molecule has 11 amide bonds. The predicted octanol–water partition coefficient (Wildman–Crippen LogP) is -3.05. The van der Waals surface area contributed by atoms with Crippen LogP contribution in [0, 0.1) is 17.8 Å². The normalized spacial score (nSPS) is 19.8. The van der Waals surface area contributed by atoms with E-state index in [-0.39, 0.29) is 62.9 Å². The van der Waals surface area contributed by atoms with Gasteiger partial charge >= 0.3 is 17.9 Å². The largest absolute Gasteiger partial charge is 0.481 e. The maximum atomic E-state index is 14.4. The lowest BCUT2D eigenvalue weighted by Crippen LogP contribution is -2.60. The van der Waals surface area contributed by atoms with Gasteiger partial charge in [-0.3, -0.25) is 62.3 Å². The van der Waals surface area contributed by atoms with Crippen molar-refractivity contribution in [2.75, 3.05) is 26.2 Å². The lowest BCUT2D eigenvalue weighted by atomic mass is 10.0. The Labute approximate surface area is 470 Å². The number of carbonyl (C=O) groups excluding carboxylic acids is 11. The average molecular weight is 1150 g/mol. The van der Waals surface area contributed by atoms with Crippen LogP contribution in [-0.4, -0.2) is 201 Å². The average Bonchev–Trinajstić information content (AvgIpc) is 4.21. The Kier molecular flexibility index (Phi) is 26.9. The number of nitrogens with zero attached hydrogens (tertiary/aromatic N) is 2. The summed E-state index contributed by atoms with van der Waals surface area (Å²) in [6, 6.07) is -13.1. The number of amides is 11. The number of carboxylic acids is 3. The number of rotatable bonds is 31. The molecule has 29 nitrogen and oxygen atoms in total. The molecule has 13 N–H and O–H groups in total. The molecule has 3 rings (SSSR count). The number of aliphatic carboxylic acids is 3. The molecule has 29 heteroatoms. The van der Waals surface area contributed by atoms with E-state index in [0.29, 0.717) is 25.8 Å². The molecule has 3 aliphatic heterocycles. The highest BCUT2D eigenvalue weighted by Gasteiger charge is 2.43. The highest BCUT2D eigenvalue weighted by molar-refractivity contribution is 5.99. The highest BCUT2D eigenvalue weighted by Crippen LogP contribution is 2.24. The van der Waals surface area contributed by atoms with Crippen molar-refractivity contribution in [3.05, 3.63) is 0 Å². The summed E-state index contributed by atoms with van der Waals surface area (Å²) in [5, 5.41) is 53.4. The van der Waals surface area contributed by atoms with Crippen molar-refractivity contribution in [2.24, 2.45) is 17.8 Å². The first kappa shape index (κ1) is 67.8. The predicted molar refractivity (Wildman–Crippen MR) is 286 cm³/mol. The molecule has 0 aromatic rings. The molecule has 0 spiro atoms. The van der Waals surface area contributed by atoms with Gasteiger partial charge in [0.2, 0.25) is 65.0 Å². The SMILES string of the molecule is CC(C)C[C@H](NC(=O)CNC(=O)[C@H](C)NC(=O)[C@H](CC(C)C)NC(=O)[C@@H]1CCCN1C(=O)[C@@H](NC(=O)[C@@H]1CCCN1C(=O)[C@H](CCC(=O)O)NC(=O)[C@H](C)NC(=O)[C@H](C)NC(=O)[C@@H]1CCCN1)C(C)C)C(=O)N[C@@H](CC(=O)O)C(=O)O. The molecule has 3 saturated heterocycles. The van der Waals surface area contributed by atoms with Crippen molar-refractivity contribution in [3.63, 3.8) is 0 Å². The van der Waals surface area contributed by atoms with E-state index in [4.69, 9.17) is 5.11 Å². The van der Waals surface area contributed by atoms with Crippen molar-refractivity contribution in [3.8, 4) is 0 Å². The molecule has 0 aromatic heterocycles. The monoisotopic (exact) mass is 1150 g/mol. The van der Waals surface area contributed by atoms with Crippen LogP contribution in [0.1, 0.15) is 133 Å². The van der Waals surface area contributed by atoms with Crippen LogP contribution in [0.4, 0.5) is 0 Å². The Hall–Kier alpha value is -7.46. The van der Waals surface area contributed by atoms with Gasteiger partial charge in [0, 0.05) is 19.5 Å². The second-order valence-electron chi connectivity index (χ2n) is 22.1. The molecule has 454 valence electrons. The fourth-order valence-electron chi connectivity index (χ4n) is 9.53. The fraction of sp³-hybridized carbons (Fsp3) is 0.731. The summed E-state index contributed by atoms with van der Waals surface area (Å²) < 4.78 is 0. The van der Waals surface area contributed by atoms with Gasteiger partial charge in [0.05, 0.1) is 19.0 Å². The van der Waals surface area contributed by atoms with Gasteiger partial charge in [0.15, 0.2) is 0 Å². The van der Waals surface area contributed by atoms with E-state index in [2.05, 4.69) is 53.2 Å². The summed E-state index contributed by atoms with van der Waals surface area (Å²) in [6.07, 6.45) is 0.796. The number of nitrogens with one attached hydrogen (secondary N) is 10. The lowest BCUT2D eigenvalue weighted by Gasteiger charge is -2.33. The number of carboxylic acid groups (broad SMARTS) is 3. The molecule has 3 heterocycles. The molecule has 0 saturated carbocycles. The fourth-order valence-corrected chi connectivity index (χ4v) is 9.53. The van der Waals surface area contributed by atoms with Crippen LogP contribution in [-0.2, 0) is 67.1 Å². The molecule has 0 aromatic carbocycles. The van der Waals surface area contributed by atoms with Crippen molar-refractivity contribution in [1.29, 1.82) is 0 Å². The Morgan fingerprint density at radius 3 is 1.51 bits per heavy atom. The van der Waals surface area contributed by atoms with Crippen molar-refractivity contribution in [1.82, 2.24) is 63.0 Å². The Bertz CT molecular complexity index is 2330. The Morgan fingerprint density at radius 2 is 0.988 bits per heavy atom. The minimum atomic E-state index is -1.77. The van der Waals surface area contributed by atoms with Crippen molar-refractivity contribution >= 4 is 82.9 Å². The molecule has 0 unspecified atom stereocenters. The van der Waals surface area contributed by atoms with Crippen LogP contribution in [0.3, 0.4) is 0 Å². The highest BCUT2D eigenvalue weighted by atomic mass is 16.4. The van der Waals surface area contributed by atoms with E-state index < -0.39 is 169 Å². The van der Waals surface area contributed by atoms with Crippen LogP contribution in [0.25, 0.3) is 0 Å². The third-order valence-electron chi connectivity index (χ3n) is 13.9. The summed E-state index contributed by atoms with van der Waals surface area (Å²) >= 11 is 0. The van der Waals surface area contributed by atoms with Gasteiger partial charge in [-0.2, -0.15) is 0 Å². The molecule has 0 radical (unpaired) electrons. The van der Waals surface area contributed by atoms with Gasteiger partial charge in [-0.1, -0.05) is 41.5 Å². The van der Waals surface area contributed by atoms with E-state index in [1.54, 1.807) is 41.5 Å². The first-order valence-corrected chi connectivity index (χ1v) is 27.6. The maximum absolute atomic E-state index is 14.4. The van der Waals surface area contributed by atoms with Crippen molar-refractivity contribution < 1.29 is 82.4 Å². The molecular weight excluding hydrogens is 1060 g/mol. The van der Waals surface area contributed by atoms with Crippen LogP contribution >= 0.6 is 0 Å². The second kappa shape index (κ2) is 32.1. The zero-order valence-corrected chi connectivity index (χ0v) is 47.6. The van der Waals surface area contributed by atoms with Crippen LogP contribution in [0.2, 0.25) is 0 Å². The lowest BCUT2D eigenvalue weighted by molar-refractivity contribution is -0.147. The van der Waals surface area contributed by atoms with Gasteiger partial charge in [-0.15, -0.1) is 0 Å². The van der Waals surface area contributed by atoms with Crippen LogP contribution in [0.15, 0.2) is 0 Å². The summed E-state index contributed by atoms with van der Waals surface area (Å²) in [7, 11) is 0. The molecule has 3 fully saturated rings. The van der Waals surface area contributed by atoms with E-state index in [9.17, 15) is 77.3 Å². The quantitative estimate of drug-likeness (QED) is 0.0328. The van der Waals surface area contributed by atoms with E-state index >= 15 is 0 Å². The summed E-state index contributed by atoms with van der Waals surface area (Å²) in [5.74, 6) is -13.3. The number of hydrogen-bond donors (Lipinski definition) is 13. The van der Waals surface area contributed by atoms with Gasteiger partial charge in [-0.05, 0) is 103 Å². The molecule has 11 atom stereocenters. The standard InChI is InChI=1S/C52H84N12O17/c1-25(2)21-33(47(75)61-35(52(80)81)23-40(68)69)58-38(65)24-54-42(70)28(7)56-46(74)34(22-26(3)4)60-48(76)36-14-12-20-64(36)51(79)41(27(5)6)62-49(77)37-15-11-19-63(37)50(78)32(16-17-39(66)67)59-44(72)30(9)55-43(71)29(8)57-45(73)31-13-10-18-53-31/h25-37,41,53H,10-24H2,1-9H3,(H,54,70)(H,55,71)(H,56,74)(H,57,73)(H,58,65)(H,59,72)(H,60,76)(H,61,75)(H,62,77)(H,66,67)(H,68,69)(H,80,81)/t28-,29-,30-,31-,32-,33-,34-,35-,36-,37-,41-/m0/s1. The van der Waals surface area contributed by atoms with Gasteiger partial charge in [-0.25, -0.2) is 4.79 Å². The van der Waals surface area contributed by atoms with E-state index in [1.165, 1.54) is 30.6 Å². The zero-order chi connectivity index (χ0) is 61.0. The Balaban J connectivity index is 1.66. The van der Waals surface area contributed by atoms with Crippen molar-refractivity contribution in [2.45, 2.75) is 199 Å². The van der Waals surface area contributed by atoms with E-state index in [1.807, 2.05) is 0 Å². The molecule has 3 aliphatic rings. The minimum absolute atomic E-state index is 0.0337. The third kappa shape index (κ3) is 21.5. The van der Waals surface area contributed by atoms with E-state index in [0.717, 1.165) is 6.42 Å². The minimum Gasteiger partial charge on any atom is -0.481 e. The third-order valence-corrected chi connectivity index (χ3v) is 13.9. The van der Waals surface area contributed by atoms with Gasteiger partial charge in [0.25, 0.3) is 0 Å². The van der Waals surface area contributed by atoms with Gasteiger partial charge < -0.3 is 78.3 Å². The number of carbonyl (C=O) groups is 14. The van der Waals surface area contributed by atoms with Crippen LogP contribution in [0.5, 0.6) is 0 Å². The molecule has 0 bridgehead atoms. The summed E-state index contributed by atoms with van der Waals surface area (Å²) in [5.41, 5.74) is 0. The number of likely N-dealkylation sites (tertiary alicyclic amines) is 2. The smallest absolute Gasteiger partial charge is 0.326 e. The molecular formula is C52H84N12O17. The topological polar surface area (TPSA) is 426 Å². The number of hydrogen-bond acceptors (Lipinski definition) is 15. The zero-order valence-electron chi connectivity index (χ0n) is 47.6. The first-order valence-electron chi connectivity index (χ1n) is 27.6. The first-order chi connectivity index (χ1) is 37.9. The van der Waals surface area contributed by atoms with Crippen LogP contribution < -0.4 is 53.2 Å². The molecule has 0 aliphatic carbocycles. The molecule has 81 heavy (non-hydrogen) atoms. The second-order valence-corrected chi connectivity index (χ2v) is 22.1. The Morgan fingerprint density at radius 1 is 0.494 bits per heavy atom. The summed E-state index contributed by atoms with van der Waals surface area (Å²) in [4.78, 5) is 185. The summed E-state index contributed by atoms with van der Waals surface area (Å²) in [6.45, 7) is 14.6.